The van der Waals surface area contributed by atoms with Gasteiger partial charge >= 0.3 is 0 Å². The van der Waals surface area contributed by atoms with E-state index >= 15 is 0 Å². The van der Waals surface area contributed by atoms with E-state index in [1.54, 1.807) is 7.11 Å². The summed E-state index contributed by atoms with van der Waals surface area (Å²) in [5, 5.41) is 3.54. The first-order valence-corrected chi connectivity index (χ1v) is 5.96. The molecule has 1 heterocycles. The molecular weight excluding hydrogens is 198 g/mol. The summed E-state index contributed by atoms with van der Waals surface area (Å²) in [5.74, 6) is 0.914. The molecule has 2 nitrogen and oxygen atoms in total. The molecule has 16 heavy (non-hydrogen) atoms. The fourth-order valence-electron chi connectivity index (χ4n) is 2.00. The third kappa shape index (κ3) is 2.38. The van der Waals surface area contributed by atoms with Gasteiger partial charge in [-0.05, 0) is 24.6 Å². The summed E-state index contributed by atoms with van der Waals surface area (Å²) < 4.78 is 5.21. The number of unbranched alkanes of at least 4 members (excludes halogenated alkanes) is 1. The molecule has 0 unspecified atom stereocenters. The van der Waals surface area contributed by atoms with Gasteiger partial charge in [0.05, 0.1) is 7.11 Å². The van der Waals surface area contributed by atoms with Gasteiger partial charge in [-0.2, -0.15) is 0 Å². The molecule has 0 saturated carbocycles. The standard InChI is InChI=1S/C14H19NO/c1-3-4-5-12-7-6-11-10-13(16-2)8-9-14(11)15-12/h6-10,12,15H,3-5H2,1-2H3/t12-/m1/s1. The lowest BCUT2D eigenvalue weighted by Gasteiger charge is -2.22. The van der Waals surface area contributed by atoms with Crippen LogP contribution in [0.5, 0.6) is 5.75 Å². The second kappa shape index (κ2) is 5.06. The molecule has 1 aliphatic rings. The van der Waals surface area contributed by atoms with Crippen LogP contribution < -0.4 is 10.1 Å². The quantitative estimate of drug-likeness (QED) is 0.830. The van der Waals surface area contributed by atoms with Gasteiger partial charge < -0.3 is 10.1 Å². The van der Waals surface area contributed by atoms with Crippen molar-refractivity contribution in [3.8, 4) is 5.75 Å². The first kappa shape index (κ1) is 11.1. The maximum Gasteiger partial charge on any atom is 0.119 e. The summed E-state index contributed by atoms with van der Waals surface area (Å²) >= 11 is 0. The SMILES string of the molecule is CCCC[C@@H]1C=Cc2cc(OC)ccc2N1. The molecule has 0 saturated heterocycles. The Hall–Kier alpha value is -1.44. The molecule has 0 radical (unpaired) electrons. The van der Waals surface area contributed by atoms with Crippen LogP contribution >= 0.6 is 0 Å². The summed E-state index contributed by atoms with van der Waals surface area (Å²) in [6, 6.07) is 6.65. The Labute approximate surface area is 97.3 Å². The lowest BCUT2D eigenvalue weighted by Crippen LogP contribution is -2.19. The normalized spacial score (nSPS) is 17.8. The minimum absolute atomic E-state index is 0.487. The molecule has 1 atom stereocenters. The number of methoxy groups -OCH3 is 1. The number of hydrogen-bond donors (Lipinski definition) is 1. The minimum atomic E-state index is 0.487. The van der Waals surface area contributed by atoms with E-state index < -0.39 is 0 Å². The van der Waals surface area contributed by atoms with Gasteiger partial charge in [0.1, 0.15) is 5.75 Å². The molecular formula is C14H19NO. The van der Waals surface area contributed by atoms with Crippen molar-refractivity contribution < 1.29 is 4.74 Å². The Morgan fingerprint density at radius 3 is 3.00 bits per heavy atom. The van der Waals surface area contributed by atoms with Crippen molar-refractivity contribution in [3.05, 3.63) is 29.8 Å². The molecule has 2 rings (SSSR count). The van der Waals surface area contributed by atoms with E-state index in [1.165, 1.54) is 30.5 Å². The fourth-order valence-corrected chi connectivity index (χ4v) is 2.00. The largest absolute Gasteiger partial charge is 0.497 e. The van der Waals surface area contributed by atoms with Crippen molar-refractivity contribution in [2.24, 2.45) is 0 Å². The van der Waals surface area contributed by atoms with Crippen molar-refractivity contribution in [1.82, 2.24) is 0 Å². The molecule has 0 aromatic heterocycles. The maximum atomic E-state index is 5.21. The lowest BCUT2D eigenvalue weighted by molar-refractivity contribution is 0.414. The number of ether oxygens (including phenoxy) is 1. The van der Waals surface area contributed by atoms with Gasteiger partial charge in [-0.15, -0.1) is 0 Å². The third-order valence-corrected chi connectivity index (χ3v) is 2.98. The average Bonchev–Trinajstić information content (AvgIpc) is 2.35. The summed E-state index contributed by atoms with van der Waals surface area (Å²) in [6.45, 7) is 2.23. The summed E-state index contributed by atoms with van der Waals surface area (Å²) in [7, 11) is 1.70. The van der Waals surface area contributed by atoms with Gasteiger partial charge in [-0.1, -0.05) is 31.9 Å². The van der Waals surface area contributed by atoms with E-state index in [0.717, 1.165) is 5.75 Å². The average molecular weight is 217 g/mol. The second-order valence-electron chi connectivity index (χ2n) is 4.21. The maximum absolute atomic E-state index is 5.21. The Balaban J connectivity index is 2.10. The topological polar surface area (TPSA) is 21.3 Å². The summed E-state index contributed by atoms with van der Waals surface area (Å²) in [6.07, 6.45) is 8.17. The Morgan fingerprint density at radius 2 is 2.25 bits per heavy atom. The molecule has 0 spiro atoms. The van der Waals surface area contributed by atoms with Crippen LogP contribution in [-0.2, 0) is 0 Å². The Kier molecular flexibility index (Phi) is 3.50. The van der Waals surface area contributed by atoms with E-state index in [-0.39, 0.29) is 0 Å². The third-order valence-electron chi connectivity index (χ3n) is 2.98. The number of benzene rings is 1. The molecule has 2 heteroatoms. The highest BCUT2D eigenvalue weighted by Crippen LogP contribution is 2.28. The smallest absolute Gasteiger partial charge is 0.119 e. The first-order valence-electron chi connectivity index (χ1n) is 5.96. The fraction of sp³-hybridized carbons (Fsp3) is 0.429. The second-order valence-corrected chi connectivity index (χ2v) is 4.21. The number of anilines is 1. The highest BCUT2D eigenvalue weighted by Gasteiger charge is 2.12. The van der Waals surface area contributed by atoms with E-state index in [1.807, 2.05) is 6.07 Å². The monoisotopic (exact) mass is 217 g/mol. The predicted molar refractivity (Wildman–Crippen MR) is 69.0 cm³/mol. The van der Waals surface area contributed by atoms with E-state index in [0.29, 0.717) is 6.04 Å². The van der Waals surface area contributed by atoms with Crippen molar-refractivity contribution in [3.63, 3.8) is 0 Å². The van der Waals surface area contributed by atoms with Gasteiger partial charge in [-0.25, -0.2) is 0 Å². The summed E-state index contributed by atoms with van der Waals surface area (Å²) in [4.78, 5) is 0. The molecule has 0 bridgehead atoms. The van der Waals surface area contributed by atoms with Crippen molar-refractivity contribution in [2.75, 3.05) is 12.4 Å². The number of hydrogen-bond acceptors (Lipinski definition) is 2. The van der Waals surface area contributed by atoms with Gasteiger partial charge in [0.2, 0.25) is 0 Å². The van der Waals surface area contributed by atoms with E-state index in [9.17, 15) is 0 Å². The summed E-state index contributed by atoms with van der Waals surface area (Å²) in [5.41, 5.74) is 2.43. The van der Waals surface area contributed by atoms with Crippen LogP contribution in [0.3, 0.4) is 0 Å². The van der Waals surface area contributed by atoms with Crippen LogP contribution in [0.25, 0.3) is 6.08 Å². The zero-order valence-corrected chi connectivity index (χ0v) is 9.99. The van der Waals surface area contributed by atoms with Crippen molar-refractivity contribution in [1.29, 1.82) is 0 Å². The number of rotatable bonds is 4. The van der Waals surface area contributed by atoms with Crippen LogP contribution in [0.4, 0.5) is 5.69 Å². The zero-order valence-electron chi connectivity index (χ0n) is 9.99. The zero-order chi connectivity index (χ0) is 11.4. The van der Waals surface area contributed by atoms with Crippen LogP contribution in [0, 0.1) is 0 Å². The van der Waals surface area contributed by atoms with Gasteiger partial charge in [0, 0.05) is 17.3 Å². The molecule has 0 fully saturated rings. The Bertz CT molecular complexity index is 384. The van der Waals surface area contributed by atoms with Crippen molar-refractivity contribution in [2.45, 2.75) is 32.2 Å². The highest BCUT2D eigenvalue weighted by molar-refractivity contribution is 5.72. The molecule has 0 amide bonds. The molecule has 86 valence electrons. The van der Waals surface area contributed by atoms with E-state index in [4.69, 9.17) is 4.74 Å². The molecule has 1 aromatic rings. The minimum Gasteiger partial charge on any atom is -0.497 e. The molecule has 1 N–H and O–H groups in total. The van der Waals surface area contributed by atoms with Crippen molar-refractivity contribution >= 4 is 11.8 Å². The van der Waals surface area contributed by atoms with Crippen LogP contribution in [0.2, 0.25) is 0 Å². The lowest BCUT2D eigenvalue weighted by atomic mass is 10.0. The molecule has 1 aromatic carbocycles. The molecule has 1 aliphatic heterocycles. The molecule has 0 aliphatic carbocycles. The number of nitrogens with one attached hydrogen (secondary N) is 1. The van der Waals surface area contributed by atoms with Crippen LogP contribution in [0.1, 0.15) is 31.7 Å². The van der Waals surface area contributed by atoms with Crippen LogP contribution in [-0.4, -0.2) is 13.2 Å². The first-order chi connectivity index (χ1) is 7.83. The van der Waals surface area contributed by atoms with E-state index in [2.05, 4.69) is 36.5 Å². The predicted octanol–water partition coefficient (Wildman–Crippen LogP) is 3.69. The highest BCUT2D eigenvalue weighted by atomic mass is 16.5. The Morgan fingerprint density at radius 1 is 1.38 bits per heavy atom. The van der Waals surface area contributed by atoms with Crippen LogP contribution in [0.15, 0.2) is 24.3 Å². The van der Waals surface area contributed by atoms with Gasteiger partial charge in [-0.3, -0.25) is 0 Å². The number of fused-ring (bicyclic) bond motifs is 1. The van der Waals surface area contributed by atoms with Gasteiger partial charge in [0.25, 0.3) is 0 Å². The van der Waals surface area contributed by atoms with Gasteiger partial charge in [0.15, 0.2) is 0 Å².